The maximum Gasteiger partial charge on any atom is 0.408 e. The van der Waals surface area contributed by atoms with Crippen LogP contribution in [0.2, 0.25) is 0 Å². The molecular weight excluding hydrogens is 258 g/mol. The Morgan fingerprint density at radius 1 is 1.00 bits per heavy atom. The quantitative estimate of drug-likeness (QED) is 0.762. The second-order valence-electron chi connectivity index (χ2n) is 7.48. The Kier molecular flexibility index (Phi) is 6.49. The van der Waals surface area contributed by atoms with E-state index in [4.69, 9.17) is 14.2 Å². The zero-order chi connectivity index (χ0) is 16.2. The zero-order valence-electron chi connectivity index (χ0n) is 14.4. The largest absolute Gasteiger partial charge is 0.444 e. The molecule has 0 rings (SSSR count). The van der Waals surface area contributed by atoms with Crippen molar-refractivity contribution >= 4 is 6.09 Å². The molecular formula is C15H31NO4. The lowest BCUT2D eigenvalue weighted by molar-refractivity contribution is -0.173. The van der Waals surface area contributed by atoms with E-state index in [9.17, 15) is 4.79 Å². The van der Waals surface area contributed by atoms with E-state index in [2.05, 4.69) is 5.32 Å². The molecule has 0 bridgehead atoms. The monoisotopic (exact) mass is 289 g/mol. The molecule has 0 saturated carbocycles. The summed E-state index contributed by atoms with van der Waals surface area (Å²) in [5, 5.41) is 2.90. The highest BCUT2D eigenvalue weighted by Crippen LogP contribution is 2.33. The summed E-state index contributed by atoms with van der Waals surface area (Å²) in [5.41, 5.74) is -1.18. The highest BCUT2D eigenvalue weighted by Gasteiger charge is 2.37. The van der Waals surface area contributed by atoms with Gasteiger partial charge < -0.3 is 19.5 Å². The van der Waals surface area contributed by atoms with E-state index < -0.39 is 17.2 Å². The first-order valence-corrected chi connectivity index (χ1v) is 6.90. The van der Waals surface area contributed by atoms with E-state index in [1.54, 1.807) is 14.2 Å². The zero-order valence-corrected chi connectivity index (χ0v) is 14.4. The fourth-order valence-corrected chi connectivity index (χ4v) is 2.58. The molecule has 0 aromatic carbocycles. The van der Waals surface area contributed by atoms with Gasteiger partial charge in [-0.3, -0.25) is 0 Å². The molecule has 5 heteroatoms. The molecule has 0 aromatic heterocycles. The Balaban J connectivity index is 4.69. The van der Waals surface area contributed by atoms with Crippen LogP contribution >= 0.6 is 0 Å². The van der Waals surface area contributed by atoms with Gasteiger partial charge in [-0.15, -0.1) is 0 Å². The number of methoxy groups -OCH3 is 2. The predicted octanol–water partition coefficient (Wildman–Crippen LogP) is 3.32. The second-order valence-corrected chi connectivity index (χ2v) is 7.48. The number of hydrogen-bond donors (Lipinski definition) is 1. The Hall–Kier alpha value is -0.810. The van der Waals surface area contributed by atoms with Crippen LogP contribution in [0.4, 0.5) is 4.79 Å². The van der Waals surface area contributed by atoms with Crippen LogP contribution in [-0.4, -0.2) is 37.7 Å². The molecule has 0 saturated heterocycles. The first-order chi connectivity index (χ1) is 8.83. The van der Waals surface area contributed by atoms with Crippen molar-refractivity contribution in [1.82, 2.24) is 5.32 Å². The first kappa shape index (κ1) is 19.2. The van der Waals surface area contributed by atoms with Crippen LogP contribution in [0.1, 0.15) is 54.9 Å². The molecule has 0 aromatic rings. The Morgan fingerprint density at radius 2 is 1.45 bits per heavy atom. The standard InChI is InChI=1S/C15H31NO4/c1-13(2,3)20-12(17)16-15(6,7)10-14(4,5)11(18-8)19-9/h11H,10H2,1-9H3,(H,16,17). The summed E-state index contributed by atoms with van der Waals surface area (Å²) in [7, 11) is 3.23. The average molecular weight is 289 g/mol. The fourth-order valence-electron chi connectivity index (χ4n) is 2.58. The number of rotatable bonds is 6. The molecule has 0 atom stereocenters. The van der Waals surface area contributed by atoms with Gasteiger partial charge in [0.05, 0.1) is 0 Å². The van der Waals surface area contributed by atoms with Crippen molar-refractivity contribution in [2.75, 3.05) is 14.2 Å². The molecule has 20 heavy (non-hydrogen) atoms. The number of nitrogens with one attached hydrogen (secondary N) is 1. The Labute approximate surface area is 123 Å². The number of alkyl carbamates (subject to hydrolysis) is 1. The molecule has 1 amide bonds. The number of hydrogen-bond acceptors (Lipinski definition) is 4. The van der Waals surface area contributed by atoms with Crippen molar-refractivity contribution in [3.63, 3.8) is 0 Å². The van der Waals surface area contributed by atoms with Crippen molar-refractivity contribution in [3.05, 3.63) is 0 Å². The summed E-state index contributed by atoms with van der Waals surface area (Å²) in [6.07, 6.45) is -0.0575. The summed E-state index contributed by atoms with van der Waals surface area (Å²) in [4.78, 5) is 11.9. The van der Waals surface area contributed by atoms with Gasteiger partial charge in [0.1, 0.15) is 5.60 Å². The summed E-state index contributed by atoms with van der Waals surface area (Å²) in [6, 6.07) is 0. The van der Waals surface area contributed by atoms with Crippen molar-refractivity contribution in [1.29, 1.82) is 0 Å². The van der Waals surface area contributed by atoms with Gasteiger partial charge >= 0.3 is 6.09 Å². The Bertz CT molecular complexity index is 314. The van der Waals surface area contributed by atoms with Crippen molar-refractivity contribution in [2.24, 2.45) is 5.41 Å². The van der Waals surface area contributed by atoms with E-state index >= 15 is 0 Å². The maximum atomic E-state index is 11.9. The molecule has 0 unspecified atom stereocenters. The van der Waals surface area contributed by atoms with E-state index in [-0.39, 0.29) is 11.7 Å². The fraction of sp³-hybridized carbons (Fsp3) is 0.933. The lowest BCUT2D eigenvalue weighted by atomic mass is 9.79. The lowest BCUT2D eigenvalue weighted by Crippen LogP contribution is -2.50. The average Bonchev–Trinajstić information content (AvgIpc) is 2.11. The van der Waals surface area contributed by atoms with Crippen molar-refractivity contribution in [3.8, 4) is 0 Å². The molecule has 120 valence electrons. The van der Waals surface area contributed by atoms with E-state index in [1.165, 1.54) is 0 Å². The highest BCUT2D eigenvalue weighted by molar-refractivity contribution is 5.68. The number of ether oxygens (including phenoxy) is 3. The van der Waals surface area contributed by atoms with Crippen molar-refractivity contribution < 1.29 is 19.0 Å². The number of carbonyl (C=O) groups excluding carboxylic acids is 1. The minimum Gasteiger partial charge on any atom is -0.444 e. The molecule has 0 aliphatic rings. The SMILES string of the molecule is COC(OC)C(C)(C)CC(C)(C)NC(=O)OC(C)(C)C. The third-order valence-electron chi connectivity index (χ3n) is 2.80. The van der Waals surface area contributed by atoms with Crippen LogP contribution in [0.3, 0.4) is 0 Å². The van der Waals surface area contributed by atoms with Crippen LogP contribution in [0.5, 0.6) is 0 Å². The van der Waals surface area contributed by atoms with Gasteiger partial charge in [-0.2, -0.15) is 0 Å². The summed E-state index contributed by atoms with van der Waals surface area (Å²) in [5.74, 6) is 0. The molecule has 0 spiro atoms. The topological polar surface area (TPSA) is 56.8 Å². The minimum absolute atomic E-state index is 0.248. The molecule has 1 N–H and O–H groups in total. The van der Waals surface area contributed by atoms with Crippen molar-refractivity contribution in [2.45, 2.75) is 72.3 Å². The minimum atomic E-state index is -0.503. The van der Waals surface area contributed by atoms with Gasteiger partial charge in [0.2, 0.25) is 0 Å². The molecule has 0 heterocycles. The molecule has 0 aliphatic heterocycles. The second kappa shape index (κ2) is 6.76. The normalized spacial score (nSPS) is 13.5. The van der Waals surface area contributed by atoms with Crippen LogP contribution in [0, 0.1) is 5.41 Å². The van der Waals surface area contributed by atoms with Gasteiger partial charge in [0.25, 0.3) is 0 Å². The van der Waals surface area contributed by atoms with E-state index in [0.29, 0.717) is 6.42 Å². The van der Waals surface area contributed by atoms with Crippen LogP contribution < -0.4 is 5.32 Å². The third-order valence-corrected chi connectivity index (χ3v) is 2.80. The Morgan fingerprint density at radius 3 is 1.80 bits per heavy atom. The highest BCUT2D eigenvalue weighted by atomic mass is 16.7. The van der Waals surface area contributed by atoms with Gasteiger partial charge in [0, 0.05) is 25.2 Å². The van der Waals surface area contributed by atoms with Gasteiger partial charge in [-0.25, -0.2) is 4.79 Å². The van der Waals surface area contributed by atoms with Gasteiger partial charge in [-0.05, 0) is 41.0 Å². The molecule has 5 nitrogen and oxygen atoms in total. The maximum absolute atomic E-state index is 11.9. The summed E-state index contributed by atoms with van der Waals surface area (Å²) in [6.45, 7) is 13.5. The molecule has 0 fully saturated rings. The summed E-state index contributed by atoms with van der Waals surface area (Å²) < 4.78 is 15.9. The first-order valence-electron chi connectivity index (χ1n) is 6.90. The molecule has 0 aliphatic carbocycles. The summed E-state index contributed by atoms with van der Waals surface area (Å²) >= 11 is 0. The van der Waals surface area contributed by atoms with Crippen LogP contribution in [0.25, 0.3) is 0 Å². The van der Waals surface area contributed by atoms with Gasteiger partial charge in [0.15, 0.2) is 6.29 Å². The number of amides is 1. The third kappa shape index (κ3) is 7.10. The van der Waals surface area contributed by atoms with Crippen LogP contribution in [-0.2, 0) is 14.2 Å². The lowest BCUT2D eigenvalue weighted by Gasteiger charge is -2.39. The van der Waals surface area contributed by atoms with Gasteiger partial charge in [-0.1, -0.05) is 13.8 Å². The van der Waals surface area contributed by atoms with Crippen LogP contribution in [0.15, 0.2) is 0 Å². The molecule has 0 radical (unpaired) electrons. The smallest absolute Gasteiger partial charge is 0.408 e. The van der Waals surface area contributed by atoms with E-state index in [0.717, 1.165) is 0 Å². The van der Waals surface area contributed by atoms with E-state index in [1.807, 2.05) is 48.5 Å². The number of carbonyl (C=O) groups is 1. The predicted molar refractivity (Wildman–Crippen MR) is 79.7 cm³/mol.